The zero-order valence-electron chi connectivity index (χ0n) is 11.1. The highest BCUT2D eigenvalue weighted by molar-refractivity contribution is 9.10. The third-order valence-corrected chi connectivity index (χ3v) is 4.29. The molecule has 0 atom stereocenters. The first-order chi connectivity index (χ1) is 9.20. The van der Waals surface area contributed by atoms with E-state index in [4.69, 9.17) is 5.41 Å². The number of aliphatic hydroxyl groups excluding tert-OH is 1. The predicted octanol–water partition coefficient (Wildman–Crippen LogP) is 3.44. The Morgan fingerprint density at radius 2 is 2.05 bits per heavy atom. The second-order valence-corrected chi connectivity index (χ2v) is 6.14. The van der Waals surface area contributed by atoms with Gasteiger partial charge in [-0.05, 0) is 42.5 Å². The minimum atomic E-state index is -0.0394. The number of aliphatic hydroxyl groups is 1. The minimum Gasteiger partial charge on any atom is -0.392 e. The topological polar surface area (TPSA) is 56.1 Å². The van der Waals surface area contributed by atoms with Crippen molar-refractivity contribution < 1.29 is 5.11 Å². The number of hydrogen-bond acceptors (Lipinski definition) is 2. The van der Waals surface area contributed by atoms with Crippen LogP contribution in [0, 0.1) is 11.3 Å². The van der Waals surface area contributed by atoms with Crippen LogP contribution in [0.2, 0.25) is 0 Å². The van der Waals surface area contributed by atoms with Crippen LogP contribution in [0.15, 0.2) is 22.7 Å². The Kier molecular flexibility index (Phi) is 5.40. The number of amidine groups is 1. The number of nitrogens with one attached hydrogen (secondary N) is 2. The first-order valence-corrected chi connectivity index (χ1v) is 7.72. The molecule has 0 spiro atoms. The van der Waals surface area contributed by atoms with E-state index < -0.39 is 0 Å². The van der Waals surface area contributed by atoms with Crippen LogP contribution in [0.25, 0.3) is 0 Å². The van der Waals surface area contributed by atoms with Crippen LogP contribution in [0.5, 0.6) is 0 Å². The van der Waals surface area contributed by atoms with Crippen LogP contribution < -0.4 is 5.32 Å². The third-order valence-electron chi connectivity index (χ3n) is 3.80. The molecule has 1 aliphatic carbocycles. The van der Waals surface area contributed by atoms with Crippen molar-refractivity contribution in [2.45, 2.75) is 38.7 Å². The molecule has 1 fully saturated rings. The van der Waals surface area contributed by atoms with Gasteiger partial charge in [-0.3, -0.25) is 5.41 Å². The summed E-state index contributed by atoms with van der Waals surface area (Å²) >= 11 is 3.39. The normalized spacial score (nSPS) is 16.3. The molecule has 104 valence electrons. The highest BCUT2D eigenvalue weighted by Gasteiger charge is 2.14. The first kappa shape index (κ1) is 14.5. The summed E-state index contributed by atoms with van der Waals surface area (Å²) in [6.45, 7) is 0.835. The van der Waals surface area contributed by atoms with Gasteiger partial charge in [0.1, 0.15) is 5.84 Å². The lowest BCUT2D eigenvalue weighted by Gasteiger charge is -2.22. The van der Waals surface area contributed by atoms with Crippen molar-refractivity contribution in [3.8, 4) is 0 Å². The molecule has 0 aliphatic heterocycles. The molecule has 3 nitrogen and oxygen atoms in total. The summed E-state index contributed by atoms with van der Waals surface area (Å²) < 4.78 is 0.931. The van der Waals surface area contributed by atoms with E-state index in [9.17, 15) is 5.11 Å². The van der Waals surface area contributed by atoms with Gasteiger partial charge in [0.25, 0.3) is 0 Å². The summed E-state index contributed by atoms with van der Waals surface area (Å²) in [4.78, 5) is 0. The Morgan fingerprint density at radius 3 is 2.74 bits per heavy atom. The van der Waals surface area contributed by atoms with Crippen LogP contribution in [-0.4, -0.2) is 17.5 Å². The van der Waals surface area contributed by atoms with E-state index in [1.807, 2.05) is 18.2 Å². The molecule has 0 unspecified atom stereocenters. The van der Waals surface area contributed by atoms with Crippen molar-refractivity contribution >= 4 is 21.8 Å². The Balaban J connectivity index is 1.95. The van der Waals surface area contributed by atoms with Gasteiger partial charge in [-0.15, -0.1) is 0 Å². The van der Waals surface area contributed by atoms with Crippen LogP contribution in [0.3, 0.4) is 0 Å². The zero-order chi connectivity index (χ0) is 13.7. The average molecular weight is 325 g/mol. The lowest BCUT2D eigenvalue weighted by atomic mass is 9.89. The largest absolute Gasteiger partial charge is 0.392 e. The van der Waals surface area contributed by atoms with Gasteiger partial charge in [0.15, 0.2) is 0 Å². The second kappa shape index (κ2) is 7.06. The summed E-state index contributed by atoms with van der Waals surface area (Å²) in [7, 11) is 0. The SMILES string of the molecule is N=C(NCC1CCCCC1)c1ccc(Br)cc1CO. The standard InChI is InChI=1S/C15H21BrN2O/c16-13-6-7-14(12(8-13)10-19)15(17)18-9-11-4-2-1-3-5-11/h6-8,11,19H,1-5,9-10H2,(H2,17,18). The molecule has 0 radical (unpaired) electrons. The van der Waals surface area contributed by atoms with Crippen LogP contribution in [0.1, 0.15) is 43.2 Å². The van der Waals surface area contributed by atoms with E-state index in [-0.39, 0.29) is 6.61 Å². The van der Waals surface area contributed by atoms with E-state index >= 15 is 0 Å². The molecule has 2 rings (SSSR count). The highest BCUT2D eigenvalue weighted by atomic mass is 79.9. The van der Waals surface area contributed by atoms with Gasteiger partial charge in [0, 0.05) is 16.6 Å². The van der Waals surface area contributed by atoms with Gasteiger partial charge in [-0.2, -0.15) is 0 Å². The van der Waals surface area contributed by atoms with Crippen LogP contribution in [-0.2, 0) is 6.61 Å². The molecule has 0 heterocycles. The minimum absolute atomic E-state index is 0.0394. The fourth-order valence-corrected chi connectivity index (χ4v) is 3.08. The fraction of sp³-hybridized carbons (Fsp3) is 0.533. The van der Waals surface area contributed by atoms with Crippen molar-refractivity contribution in [1.29, 1.82) is 5.41 Å². The average Bonchev–Trinajstić information content (AvgIpc) is 2.45. The fourth-order valence-electron chi connectivity index (χ4n) is 2.67. The highest BCUT2D eigenvalue weighted by Crippen LogP contribution is 2.23. The zero-order valence-corrected chi connectivity index (χ0v) is 12.7. The molecule has 1 saturated carbocycles. The predicted molar refractivity (Wildman–Crippen MR) is 81.5 cm³/mol. The summed E-state index contributed by atoms with van der Waals surface area (Å²) in [5.41, 5.74) is 1.58. The lowest BCUT2D eigenvalue weighted by Crippen LogP contribution is -2.30. The van der Waals surface area contributed by atoms with E-state index in [0.717, 1.165) is 22.1 Å². The summed E-state index contributed by atoms with van der Waals surface area (Å²) in [6, 6.07) is 5.66. The number of hydrogen-bond donors (Lipinski definition) is 3. The van der Waals surface area contributed by atoms with E-state index in [0.29, 0.717) is 11.8 Å². The van der Waals surface area contributed by atoms with Gasteiger partial charge < -0.3 is 10.4 Å². The molecule has 0 saturated heterocycles. The Hall–Kier alpha value is -0.870. The maximum atomic E-state index is 9.36. The molecule has 0 bridgehead atoms. The molecule has 1 aliphatic rings. The van der Waals surface area contributed by atoms with Crippen molar-refractivity contribution in [2.24, 2.45) is 5.92 Å². The second-order valence-electron chi connectivity index (χ2n) is 5.22. The van der Waals surface area contributed by atoms with Crippen LogP contribution >= 0.6 is 15.9 Å². The molecule has 0 aromatic heterocycles. The first-order valence-electron chi connectivity index (χ1n) is 6.93. The Morgan fingerprint density at radius 1 is 1.32 bits per heavy atom. The molecule has 3 N–H and O–H groups in total. The Bertz CT molecular complexity index is 442. The van der Waals surface area contributed by atoms with Crippen molar-refractivity contribution in [3.63, 3.8) is 0 Å². The maximum absolute atomic E-state index is 9.36. The molecule has 1 aromatic carbocycles. The van der Waals surface area contributed by atoms with Gasteiger partial charge in [0.05, 0.1) is 6.61 Å². The summed E-state index contributed by atoms with van der Waals surface area (Å²) in [5, 5.41) is 20.7. The third kappa shape index (κ3) is 4.05. The maximum Gasteiger partial charge on any atom is 0.125 e. The van der Waals surface area contributed by atoms with Crippen molar-refractivity contribution in [2.75, 3.05) is 6.54 Å². The van der Waals surface area contributed by atoms with E-state index in [1.165, 1.54) is 32.1 Å². The number of halogens is 1. The Labute approximate surface area is 123 Å². The monoisotopic (exact) mass is 324 g/mol. The molecular weight excluding hydrogens is 304 g/mol. The molecule has 19 heavy (non-hydrogen) atoms. The summed E-state index contributed by atoms with van der Waals surface area (Å²) in [6.07, 6.45) is 6.54. The molecular formula is C15H21BrN2O. The molecule has 4 heteroatoms. The number of benzene rings is 1. The molecule has 0 amide bonds. The summed E-state index contributed by atoms with van der Waals surface area (Å²) in [5.74, 6) is 1.12. The van der Waals surface area contributed by atoms with Gasteiger partial charge in [-0.25, -0.2) is 0 Å². The van der Waals surface area contributed by atoms with Crippen LogP contribution in [0.4, 0.5) is 0 Å². The lowest BCUT2D eigenvalue weighted by molar-refractivity contribution is 0.281. The van der Waals surface area contributed by atoms with E-state index in [2.05, 4.69) is 21.2 Å². The quantitative estimate of drug-likeness (QED) is 0.587. The van der Waals surface area contributed by atoms with Gasteiger partial charge in [-0.1, -0.05) is 35.2 Å². The van der Waals surface area contributed by atoms with Gasteiger partial charge >= 0.3 is 0 Å². The molecule has 1 aromatic rings. The van der Waals surface area contributed by atoms with Crippen molar-refractivity contribution in [1.82, 2.24) is 5.32 Å². The smallest absolute Gasteiger partial charge is 0.125 e. The van der Waals surface area contributed by atoms with Gasteiger partial charge in [0.2, 0.25) is 0 Å². The van der Waals surface area contributed by atoms with Crippen molar-refractivity contribution in [3.05, 3.63) is 33.8 Å². The number of rotatable bonds is 4. The van der Waals surface area contributed by atoms with E-state index in [1.54, 1.807) is 0 Å².